The fraction of sp³-hybridized carbons (Fsp3) is 0.600. The van der Waals surface area contributed by atoms with Gasteiger partial charge in [-0.25, -0.2) is 0 Å². The van der Waals surface area contributed by atoms with E-state index in [0.29, 0.717) is 18.6 Å². The van der Waals surface area contributed by atoms with Crippen molar-refractivity contribution in [3.63, 3.8) is 0 Å². The first-order valence-electron chi connectivity index (χ1n) is 7.06. The lowest BCUT2D eigenvalue weighted by Gasteiger charge is -2.20. The molecule has 0 bridgehead atoms. The zero-order chi connectivity index (χ0) is 13.2. The second-order valence-corrected chi connectivity index (χ2v) is 6.43. The summed E-state index contributed by atoms with van der Waals surface area (Å²) in [7, 11) is 0. The van der Waals surface area contributed by atoms with E-state index in [4.69, 9.17) is 4.74 Å². The van der Waals surface area contributed by atoms with Gasteiger partial charge in [-0.15, -0.1) is 0 Å². The number of aliphatic hydroxyl groups is 1. The van der Waals surface area contributed by atoms with Gasteiger partial charge in [0.2, 0.25) is 0 Å². The monoisotopic (exact) mass is 325 g/mol. The second kappa shape index (κ2) is 5.81. The molecule has 3 nitrogen and oxygen atoms in total. The second-order valence-electron chi connectivity index (χ2n) is 5.51. The Kier molecular flexibility index (Phi) is 4.10. The lowest BCUT2D eigenvalue weighted by atomic mass is 10.0. The fourth-order valence-electron chi connectivity index (χ4n) is 3.24. The van der Waals surface area contributed by atoms with E-state index in [1.165, 1.54) is 24.0 Å². The molecule has 4 heteroatoms. The predicted molar refractivity (Wildman–Crippen MR) is 78.4 cm³/mol. The quantitative estimate of drug-likeness (QED) is 0.894. The third-order valence-electron chi connectivity index (χ3n) is 4.27. The Morgan fingerprint density at radius 3 is 3.11 bits per heavy atom. The molecular formula is C15H20BrNO2. The molecule has 2 atom stereocenters. The van der Waals surface area contributed by atoms with Crippen LogP contribution in [-0.2, 0) is 13.0 Å². The first kappa shape index (κ1) is 13.4. The highest BCUT2D eigenvalue weighted by atomic mass is 79.9. The summed E-state index contributed by atoms with van der Waals surface area (Å²) < 4.78 is 6.87. The van der Waals surface area contributed by atoms with Crippen LogP contribution in [0.1, 0.15) is 30.4 Å². The normalized spacial score (nSPS) is 25.4. The van der Waals surface area contributed by atoms with E-state index in [2.05, 4.69) is 33.4 Å². The molecule has 0 aromatic heterocycles. The van der Waals surface area contributed by atoms with Gasteiger partial charge in [-0.05, 0) is 36.5 Å². The van der Waals surface area contributed by atoms with Crippen LogP contribution >= 0.6 is 15.9 Å². The Morgan fingerprint density at radius 1 is 1.37 bits per heavy atom. The summed E-state index contributed by atoms with van der Waals surface area (Å²) in [5.41, 5.74) is 2.53. The molecule has 19 heavy (non-hydrogen) atoms. The highest BCUT2D eigenvalue weighted by molar-refractivity contribution is 9.10. The summed E-state index contributed by atoms with van der Waals surface area (Å²) in [5.74, 6) is 1.48. The Balaban J connectivity index is 1.70. The van der Waals surface area contributed by atoms with Gasteiger partial charge < -0.3 is 15.2 Å². The molecule has 1 aromatic carbocycles. The molecule has 1 aromatic rings. The average molecular weight is 326 g/mol. The minimum absolute atomic E-state index is 0.296. The largest absolute Gasteiger partial charge is 0.493 e. The van der Waals surface area contributed by atoms with E-state index < -0.39 is 0 Å². The van der Waals surface area contributed by atoms with Crippen molar-refractivity contribution in [2.24, 2.45) is 5.92 Å². The minimum atomic E-state index is 0.296. The maximum absolute atomic E-state index is 9.36. The van der Waals surface area contributed by atoms with Crippen LogP contribution in [0.5, 0.6) is 5.75 Å². The number of ether oxygens (including phenoxy) is 1. The van der Waals surface area contributed by atoms with Gasteiger partial charge in [-0.3, -0.25) is 0 Å². The van der Waals surface area contributed by atoms with Crippen LogP contribution in [0, 0.1) is 5.92 Å². The number of hydrogen-bond acceptors (Lipinski definition) is 3. The van der Waals surface area contributed by atoms with E-state index in [-0.39, 0.29) is 0 Å². The van der Waals surface area contributed by atoms with Crippen LogP contribution in [0.3, 0.4) is 0 Å². The number of aliphatic hydroxyl groups excluding tert-OH is 1. The maximum Gasteiger partial charge on any atom is 0.127 e. The van der Waals surface area contributed by atoms with Gasteiger partial charge in [-0.1, -0.05) is 22.4 Å². The van der Waals surface area contributed by atoms with Crippen LogP contribution in [0.4, 0.5) is 0 Å². The SMILES string of the molecule is OCC1CCCC1NCc1cc(Br)cc2c1OCC2. The van der Waals surface area contributed by atoms with Gasteiger partial charge in [0.05, 0.1) is 6.61 Å². The van der Waals surface area contributed by atoms with Crippen molar-refractivity contribution in [3.05, 3.63) is 27.7 Å². The molecular weight excluding hydrogens is 306 g/mol. The van der Waals surface area contributed by atoms with Gasteiger partial charge in [0.1, 0.15) is 5.75 Å². The summed E-state index contributed by atoms with van der Waals surface area (Å²) in [6, 6.07) is 4.74. The van der Waals surface area contributed by atoms with Crippen molar-refractivity contribution in [3.8, 4) is 5.75 Å². The number of fused-ring (bicyclic) bond motifs is 1. The molecule has 0 amide bonds. The molecule has 0 radical (unpaired) electrons. The van der Waals surface area contributed by atoms with Crippen LogP contribution in [-0.4, -0.2) is 24.4 Å². The van der Waals surface area contributed by atoms with Gasteiger partial charge in [0, 0.05) is 35.7 Å². The van der Waals surface area contributed by atoms with Gasteiger partial charge in [0.25, 0.3) is 0 Å². The topological polar surface area (TPSA) is 41.5 Å². The third kappa shape index (κ3) is 2.81. The van der Waals surface area contributed by atoms with Gasteiger partial charge in [0.15, 0.2) is 0 Å². The maximum atomic E-state index is 9.36. The Labute approximate surface area is 122 Å². The minimum Gasteiger partial charge on any atom is -0.493 e. The molecule has 0 spiro atoms. The number of hydrogen-bond donors (Lipinski definition) is 2. The number of benzene rings is 1. The first-order valence-corrected chi connectivity index (χ1v) is 7.85. The van der Waals surface area contributed by atoms with E-state index >= 15 is 0 Å². The van der Waals surface area contributed by atoms with Crippen molar-refractivity contribution in [1.29, 1.82) is 0 Å². The van der Waals surface area contributed by atoms with Crippen molar-refractivity contribution < 1.29 is 9.84 Å². The number of nitrogens with one attached hydrogen (secondary N) is 1. The lowest BCUT2D eigenvalue weighted by Crippen LogP contribution is -2.33. The van der Waals surface area contributed by atoms with E-state index in [9.17, 15) is 5.11 Å². The van der Waals surface area contributed by atoms with E-state index in [1.807, 2.05) is 0 Å². The summed E-state index contributed by atoms with van der Waals surface area (Å²) in [4.78, 5) is 0. The Morgan fingerprint density at radius 2 is 2.26 bits per heavy atom. The highest BCUT2D eigenvalue weighted by Crippen LogP contribution is 2.33. The van der Waals surface area contributed by atoms with Crippen molar-refractivity contribution >= 4 is 15.9 Å². The smallest absolute Gasteiger partial charge is 0.127 e. The van der Waals surface area contributed by atoms with Gasteiger partial charge in [-0.2, -0.15) is 0 Å². The molecule has 2 N–H and O–H groups in total. The van der Waals surface area contributed by atoms with Crippen molar-refractivity contribution in [1.82, 2.24) is 5.32 Å². The molecule has 1 aliphatic carbocycles. The number of halogens is 1. The summed E-state index contributed by atoms with van der Waals surface area (Å²) >= 11 is 3.57. The van der Waals surface area contributed by atoms with Crippen LogP contribution in [0.25, 0.3) is 0 Å². The lowest BCUT2D eigenvalue weighted by molar-refractivity contribution is 0.205. The highest BCUT2D eigenvalue weighted by Gasteiger charge is 2.26. The molecule has 3 rings (SSSR count). The summed E-state index contributed by atoms with van der Waals surface area (Å²) in [6.07, 6.45) is 4.53. The third-order valence-corrected chi connectivity index (χ3v) is 4.73. The Bertz CT molecular complexity index is 464. The first-order chi connectivity index (χ1) is 9.28. The predicted octanol–water partition coefficient (Wildman–Crippen LogP) is 2.63. The molecule has 1 aliphatic heterocycles. The fourth-order valence-corrected chi connectivity index (χ4v) is 3.80. The number of rotatable bonds is 4. The standard InChI is InChI=1S/C15H20BrNO2/c16-13-6-10-4-5-19-15(10)12(7-13)8-17-14-3-1-2-11(14)9-18/h6-7,11,14,17-18H,1-5,8-9H2. The summed E-state index contributed by atoms with van der Waals surface area (Å²) in [5, 5.41) is 13.0. The molecule has 104 valence electrons. The molecule has 1 saturated carbocycles. The Hall–Kier alpha value is -0.580. The molecule has 1 fully saturated rings. The zero-order valence-electron chi connectivity index (χ0n) is 11.0. The average Bonchev–Trinajstić information content (AvgIpc) is 3.03. The van der Waals surface area contributed by atoms with Crippen LogP contribution in [0.2, 0.25) is 0 Å². The van der Waals surface area contributed by atoms with Crippen molar-refractivity contribution in [2.75, 3.05) is 13.2 Å². The van der Waals surface area contributed by atoms with Crippen LogP contribution < -0.4 is 10.1 Å². The molecule has 2 aliphatic rings. The molecule has 0 saturated heterocycles. The summed E-state index contributed by atoms with van der Waals surface area (Å²) in [6.45, 7) is 1.91. The molecule has 1 heterocycles. The van der Waals surface area contributed by atoms with Crippen molar-refractivity contribution in [2.45, 2.75) is 38.3 Å². The zero-order valence-corrected chi connectivity index (χ0v) is 12.6. The van der Waals surface area contributed by atoms with Crippen LogP contribution in [0.15, 0.2) is 16.6 Å². The van der Waals surface area contributed by atoms with E-state index in [0.717, 1.165) is 36.2 Å². The van der Waals surface area contributed by atoms with Gasteiger partial charge >= 0.3 is 0 Å². The van der Waals surface area contributed by atoms with E-state index in [1.54, 1.807) is 0 Å². The molecule has 2 unspecified atom stereocenters.